The molecule has 1 aliphatic rings. The molecule has 1 heterocycles. The number of amides is 1. The molecule has 0 aromatic rings. The van der Waals surface area contributed by atoms with E-state index in [-0.39, 0.29) is 11.9 Å². The second-order valence-corrected chi connectivity index (χ2v) is 4.55. The van der Waals surface area contributed by atoms with Crippen LogP contribution in [0.15, 0.2) is 0 Å². The highest BCUT2D eigenvalue weighted by molar-refractivity contribution is 5.79. The van der Waals surface area contributed by atoms with E-state index in [9.17, 15) is 4.79 Å². The largest absolute Gasteiger partial charge is 0.368 e. The minimum Gasteiger partial charge on any atom is -0.368 e. The minimum absolute atomic E-state index is 0.0623. The zero-order valence-corrected chi connectivity index (χ0v) is 9.49. The van der Waals surface area contributed by atoms with Crippen LogP contribution >= 0.6 is 0 Å². The van der Waals surface area contributed by atoms with Crippen LogP contribution in [0.25, 0.3) is 0 Å². The van der Waals surface area contributed by atoms with Crippen molar-refractivity contribution in [2.24, 2.45) is 11.7 Å². The molecule has 1 amide bonds. The first kappa shape index (κ1) is 11.5. The second-order valence-electron chi connectivity index (χ2n) is 4.55. The Morgan fingerprint density at radius 2 is 2.14 bits per heavy atom. The number of carbonyl (C=O) groups excluding carboxylic acids is 1. The molecule has 14 heavy (non-hydrogen) atoms. The summed E-state index contributed by atoms with van der Waals surface area (Å²) in [7, 11) is 0. The van der Waals surface area contributed by atoms with Gasteiger partial charge in [0, 0.05) is 12.6 Å². The number of rotatable bonds is 3. The molecule has 0 radical (unpaired) electrons. The third-order valence-electron chi connectivity index (χ3n) is 3.28. The molecular formula is C11H22N2O. The topological polar surface area (TPSA) is 46.3 Å². The number of nitrogens with two attached hydrogens (primary N) is 1. The van der Waals surface area contributed by atoms with Gasteiger partial charge in [0.05, 0.1) is 6.04 Å². The van der Waals surface area contributed by atoms with Gasteiger partial charge in [0.1, 0.15) is 0 Å². The SMILES string of the molecule is CCC(C(N)=O)N1CC(C)CCC1C. The van der Waals surface area contributed by atoms with Gasteiger partial charge < -0.3 is 5.73 Å². The molecule has 0 bridgehead atoms. The Kier molecular flexibility index (Phi) is 3.93. The average Bonchev–Trinajstić information content (AvgIpc) is 2.11. The van der Waals surface area contributed by atoms with Crippen LogP contribution in [0.1, 0.15) is 40.0 Å². The van der Waals surface area contributed by atoms with Crippen molar-refractivity contribution < 1.29 is 4.79 Å². The lowest BCUT2D eigenvalue weighted by atomic mass is 9.93. The molecular weight excluding hydrogens is 176 g/mol. The van der Waals surface area contributed by atoms with Crippen molar-refractivity contribution in [1.82, 2.24) is 4.90 Å². The molecule has 0 spiro atoms. The van der Waals surface area contributed by atoms with Crippen molar-refractivity contribution in [1.29, 1.82) is 0 Å². The third kappa shape index (κ3) is 2.47. The van der Waals surface area contributed by atoms with Crippen molar-refractivity contribution in [2.45, 2.75) is 52.1 Å². The molecule has 3 heteroatoms. The van der Waals surface area contributed by atoms with Gasteiger partial charge in [-0.2, -0.15) is 0 Å². The molecule has 1 saturated heterocycles. The summed E-state index contributed by atoms with van der Waals surface area (Å²) >= 11 is 0. The van der Waals surface area contributed by atoms with Crippen LogP contribution in [0.3, 0.4) is 0 Å². The first-order chi connectivity index (χ1) is 6.56. The summed E-state index contributed by atoms with van der Waals surface area (Å²) in [6, 6.07) is 0.441. The van der Waals surface area contributed by atoms with E-state index >= 15 is 0 Å². The van der Waals surface area contributed by atoms with E-state index in [4.69, 9.17) is 5.73 Å². The first-order valence-electron chi connectivity index (χ1n) is 5.61. The smallest absolute Gasteiger partial charge is 0.234 e. The highest BCUT2D eigenvalue weighted by atomic mass is 16.1. The maximum atomic E-state index is 11.3. The summed E-state index contributed by atoms with van der Waals surface area (Å²) in [4.78, 5) is 13.5. The van der Waals surface area contributed by atoms with Gasteiger partial charge >= 0.3 is 0 Å². The molecule has 2 N–H and O–H groups in total. The molecule has 82 valence electrons. The summed E-state index contributed by atoms with van der Waals surface area (Å²) in [6.45, 7) is 7.48. The molecule has 0 aliphatic carbocycles. The molecule has 0 saturated carbocycles. The van der Waals surface area contributed by atoms with Gasteiger partial charge in [0.25, 0.3) is 0 Å². The number of likely N-dealkylation sites (tertiary alicyclic amines) is 1. The molecule has 3 nitrogen and oxygen atoms in total. The normalized spacial score (nSPS) is 31.4. The van der Waals surface area contributed by atoms with Gasteiger partial charge in [-0.1, -0.05) is 13.8 Å². The van der Waals surface area contributed by atoms with Crippen molar-refractivity contribution >= 4 is 5.91 Å². The molecule has 3 unspecified atom stereocenters. The predicted molar refractivity (Wildman–Crippen MR) is 57.8 cm³/mol. The Labute approximate surface area is 86.6 Å². The van der Waals surface area contributed by atoms with E-state index in [1.165, 1.54) is 12.8 Å². The van der Waals surface area contributed by atoms with Crippen LogP contribution in [0, 0.1) is 5.92 Å². The van der Waals surface area contributed by atoms with Crippen LogP contribution in [0.2, 0.25) is 0 Å². The van der Waals surface area contributed by atoms with E-state index in [0.717, 1.165) is 13.0 Å². The number of hydrogen-bond donors (Lipinski definition) is 1. The van der Waals surface area contributed by atoms with Crippen LogP contribution in [0.4, 0.5) is 0 Å². The maximum Gasteiger partial charge on any atom is 0.234 e. The highest BCUT2D eigenvalue weighted by Gasteiger charge is 2.30. The van der Waals surface area contributed by atoms with Crippen molar-refractivity contribution in [3.8, 4) is 0 Å². The summed E-state index contributed by atoms with van der Waals surface area (Å²) in [5.74, 6) is 0.521. The van der Waals surface area contributed by atoms with E-state index in [2.05, 4.69) is 18.7 Å². The molecule has 1 aliphatic heterocycles. The minimum atomic E-state index is -0.173. The zero-order chi connectivity index (χ0) is 10.7. The van der Waals surface area contributed by atoms with Gasteiger partial charge in [-0.25, -0.2) is 0 Å². The Morgan fingerprint density at radius 3 is 2.64 bits per heavy atom. The third-order valence-corrected chi connectivity index (χ3v) is 3.28. The average molecular weight is 198 g/mol. The zero-order valence-electron chi connectivity index (χ0n) is 9.49. The number of primary amides is 1. The number of nitrogens with zero attached hydrogens (tertiary/aromatic N) is 1. The number of hydrogen-bond acceptors (Lipinski definition) is 2. The lowest BCUT2D eigenvalue weighted by Gasteiger charge is -2.40. The molecule has 0 aromatic carbocycles. The fourth-order valence-corrected chi connectivity index (χ4v) is 2.36. The van der Waals surface area contributed by atoms with Crippen LogP contribution in [-0.2, 0) is 4.79 Å². The molecule has 3 atom stereocenters. The molecule has 1 fully saturated rings. The van der Waals surface area contributed by atoms with Crippen molar-refractivity contribution in [3.63, 3.8) is 0 Å². The summed E-state index contributed by atoms with van der Waals surface area (Å²) in [5, 5.41) is 0. The molecule has 1 rings (SSSR count). The fourth-order valence-electron chi connectivity index (χ4n) is 2.36. The molecule has 0 aromatic heterocycles. The van der Waals surface area contributed by atoms with Gasteiger partial charge in [0.2, 0.25) is 5.91 Å². The second kappa shape index (κ2) is 4.78. The first-order valence-corrected chi connectivity index (χ1v) is 5.61. The monoisotopic (exact) mass is 198 g/mol. The van der Waals surface area contributed by atoms with Crippen molar-refractivity contribution in [2.75, 3.05) is 6.54 Å². The van der Waals surface area contributed by atoms with E-state index in [1.54, 1.807) is 0 Å². The van der Waals surface area contributed by atoms with Gasteiger partial charge in [0.15, 0.2) is 0 Å². The fraction of sp³-hybridized carbons (Fsp3) is 0.909. The number of carbonyl (C=O) groups is 1. The quantitative estimate of drug-likeness (QED) is 0.744. The Balaban J connectivity index is 2.66. The summed E-state index contributed by atoms with van der Waals surface area (Å²) in [5.41, 5.74) is 5.41. The van der Waals surface area contributed by atoms with Crippen molar-refractivity contribution in [3.05, 3.63) is 0 Å². The van der Waals surface area contributed by atoms with Crippen LogP contribution < -0.4 is 5.73 Å². The Bertz CT molecular complexity index is 205. The standard InChI is InChI=1S/C11H22N2O/c1-4-10(11(12)14)13-7-8(2)5-6-9(13)3/h8-10H,4-7H2,1-3H3,(H2,12,14). The summed E-state index contributed by atoms with van der Waals surface area (Å²) in [6.07, 6.45) is 3.28. The van der Waals surface area contributed by atoms with Crippen LogP contribution in [0.5, 0.6) is 0 Å². The Hall–Kier alpha value is -0.570. The van der Waals surface area contributed by atoms with Gasteiger partial charge in [-0.3, -0.25) is 9.69 Å². The van der Waals surface area contributed by atoms with Gasteiger partial charge in [-0.05, 0) is 32.1 Å². The lowest BCUT2D eigenvalue weighted by molar-refractivity contribution is -0.125. The van der Waals surface area contributed by atoms with E-state index in [0.29, 0.717) is 12.0 Å². The Morgan fingerprint density at radius 1 is 1.50 bits per heavy atom. The van der Waals surface area contributed by atoms with E-state index in [1.807, 2.05) is 6.92 Å². The maximum absolute atomic E-state index is 11.3. The highest BCUT2D eigenvalue weighted by Crippen LogP contribution is 2.24. The summed E-state index contributed by atoms with van der Waals surface area (Å²) < 4.78 is 0. The predicted octanol–water partition coefficient (Wildman–Crippen LogP) is 1.37. The van der Waals surface area contributed by atoms with Gasteiger partial charge in [-0.15, -0.1) is 0 Å². The van der Waals surface area contributed by atoms with E-state index < -0.39 is 0 Å². The van der Waals surface area contributed by atoms with Crippen LogP contribution in [-0.4, -0.2) is 29.4 Å². The number of piperidine rings is 1. The lowest BCUT2D eigenvalue weighted by Crippen LogP contribution is -2.52.